The van der Waals surface area contributed by atoms with Crippen molar-refractivity contribution in [1.29, 1.82) is 0 Å². The molecular weight excluding hydrogens is 335 g/mol. The number of rotatable bonds is 7. The zero-order valence-corrected chi connectivity index (χ0v) is 14.7. The lowest BCUT2D eigenvalue weighted by Crippen LogP contribution is -2.35. The van der Waals surface area contributed by atoms with Crippen LogP contribution in [-0.2, 0) is 16.6 Å². The minimum atomic E-state index is -3.77. The van der Waals surface area contributed by atoms with Crippen LogP contribution in [0.3, 0.4) is 0 Å². The maximum atomic E-state index is 13.8. The molecule has 8 heteroatoms. The Balaban J connectivity index is 3.16. The van der Waals surface area contributed by atoms with Crippen LogP contribution in [-0.4, -0.2) is 37.8 Å². The summed E-state index contributed by atoms with van der Waals surface area (Å²) in [6.07, 6.45) is 2.68. The van der Waals surface area contributed by atoms with Crippen molar-refractivity contribution in [2.75, 3.05) is 19.1 Å². The predicted octanol–water partition coefficient (Wildman–Crippen LogP) is 2.70. The first kappa shape index (κ1) is 18.7. The number of thioether (sulfide) groups is 1. The van der Waals surface area contributed by atoms with Gasteiger partial charge in [0, 0.05) is 19.6 Å². The Bertz CT molecular complexity index is 596. The molecule has 1 aromatic carbocycles. The summed E-state index contributed by atoms with van der Waals surface area (Å²) in [5, 5.41) is -0.130. The largest absolute Gasteiger partial charge is 0.326 e. The van der Waals surface area contributed by atoms with Crippen molar-refractivity contribution in [3.8, 4) is 0 Å². The van der Waals surface area contributed by atoms with Gasteiger partial charge in [0.15, 0.2) is 0 Å². The van der Waals surface area contributed by atoms with Gasteiger partial charge >= 0.3 is 0 Å². The summed E-state index contributed by atoms with van der Waals surface area (Å²) in [4.78, 5) is -0.122. The van der Waals surface area contributed by atoms with Crippen LogP contribution in [0.1, 0.15) is 18.9 Å². The molecular formula is C13H20ClFN2O2S2. The molecule has 0 saturated carbocycles. The zero-order valence-electron chi connectivity index (χ0n) is 12.3. The molecule has 2 N–H and O–H groups in total. The Hall–Kier alpha value is -0.340. The molecule has 1 rings (SSSR count). The molecule has 0 heterocycles. The molecule has 0 amide bonds. The predicted molar refractivity (Wildman–Crippen MR) is 86.7 cm³/mol. The average molecular weight is 355 g/mol. The highest BCUT2D eigenvalue weighted by Crippen LogP contribution is 2.26. The first-order valence-electron chi connectivity index (χ1n) is 6.40. The van der Waals surface area contributed by atoms with Crippen molar-refractivity contribution in [3.05, 3.63) is 28.5 Å². The maximum Gasteiger partial charge on any atom is 0.243 e. The van der Waals surface area contributed by atoms with Gasteiger partial charge in [-0.25, -0.2) is 12.8 Å². The summed E-state index contributed by atoms with van der Waals surface area (Å²) < 4.78 is 40.1. The monoisotopic (exact) mass is 354 g/mol. The molecule has 0 bridgehead atoms. The van der Waals surface area contributed by atoms with E-state index < -0.39 is 15.8 Å². The van der Waals surface area contributed by atoms with Gasteiger partial charge in [-0.3, -0.25) is 0 Å². The van der Waals surface area contributed by atoms with E-state index in [1.165, 1.54) is 17.4 Å². The van der Waals surface area contributed by atoms with Crippen molar-refractivity contribution in [3.63, 3.8) is 0 Å². The number of sulfonamides is 1. The van der Waals surface area contributed by atoms with Gasteiger partial charge in [0.2, 0.25) is 10.0 Å². The fraction of sp³-hybridized carbons (Fsp3) is 0.538. The molecule has 0 aliphatic heterocycles. The SMILES string of the molecule is CSCCC(C)N(C)S(=O)(=O)c1cc(F)c(Cl)c(CN)c1. The molecule has 0 spiro atoms. The molecule has 0 aromatic heterocycles. The van der Waals surface area contributed by atoms with Gasteiger partial charge in [-0.2, -0.15) is 16.1 Å². The van der Waals surface area contributed by atoms with Crippen molar-refractivity contribution < 1.29 is 12.8 Å². The molecule has 0 saturated heterocycles. The van der Waals surface area contributed by atoms with Gasteiger partial charge in [-0.05, 0) is 43.0 Å². The quantitative estimate of drug-likeness (QED) is 0.817. The van der Waals surface area contributed by atoms with Crippen molar-refractivity contribution in [2.45, 2.75) is 30.8 Å². The van der Waals surface area contributed by atoms with E-state index in [4.69, 9.17) is 17.3 Å². The molecule has 0 aliphatic carbocycles. The van der Waals surface area contributed by atoms with E-state index in [1.807, 2.05) is 13.2 Å². The molecule has 0 aliphatic rings. The van der Waals surface area contributed by atoms with E-state index in [0.29, 0.717) is 0 Å². The number of nitrogens with two attached hydrogens (primary N) is 1. The number of hydrogen-bond donors (Lipinski definition) is 1. The highest BCUT2D eigenvalue weighted by molar-refractivity contribution is 7.98. The van der Waals surface area contributed by atoms with Gasteiger partial charge in [0.25, 0.3) is 0 Å². The van der Waals surface area contributed by atoms with Gasteiger partial charge in [-0.15, -0.1) is 0 Å². The van der Waals surface area contributed by atoms with E-state index in [0.717, 1.165) is 18.2 Å². The summed E-state index contributed by atoms with van der Waals surface area (Å²) in [5.41, 5.74) is 5.75. The second kappa shape index (κ2) is 7.78. The highest BCUT2D eigenvalue weighted by Gasteiger charge is 2.26. The molecule has 0 fully saturated rings. The molecule has 21 heavy (non-hydrogen) atoms. The summed E-state index contributed by atoms with van der Waals surface area (Å²) in [7, 11) is -2.28. The number of nitrogens with zero attached hydrogens (tertiary/aromatic N) is 1. The molecule has 1 aromatic rings. The fourth-order valence-corrected chi connectivity index (χ4v) is 4.01. The van der Waals surface area contributed by atoms with Crippen LogP contribution in [0.15, 0.2) is 17.0 Å². The summed E-state index contributed by atoms with van der Waals surface area (Å²) in [6, 6.07) is 2.09. The van der Waals surface area contributed by atoms with Crippen LogP contribution in [0.5, 0.6) is 0 Å². The van der Waals surface area contributed by atoms with Crippen molar-refractivity contribution >= 4 is 33.4 Å². The Kier molecular flexibility index (Phi) is 6.93. The minimum absolute atomic E-state index is 0.0230. The smallest absolute Gasteiger partial charge is 0.243 e. The topological polar surface area (TPSA) is 63.4 Å². The molecule has 1 atom stereocenters. The standard InChI is InChI=1S/C13H20ClFN2O2S2/c1-9(4-5-20-3)17(2)21(18,19)11-6-10(8-16)13(14)12(15)7-11/h6-7,9H,4-5,8,16H2,1-3H3. The third kappa shape index (κ3) is 4.32. The zero-order chi connectivity index (χ0) is 16.2. The second-order valence-corrected chi connectivity index (χ2v) is 8.10. The van der Waals surface area contributed by atoms with Gasteiger partial charge in [0.1, 0.15) is 5.82 Å². The van der Waals surface area contributed by atoms with Gasteiger partial charge < -0.3 is 5.73 Å². The number of benzene rings is 1. The Morgan fingerprint density at radius 3 is 2.62 bits per heavy atom. The fourth-order valence-electron chi connectivity index (χ4n) is 1.79. The van der Waals surface area contributed by atoms with Crippen LogP contribution >= 0.6 is 23.4 Å². The van der Waals surface area contributed by atoms with Crippen molar-refractivity contribution in [1.82, 2.24) is 4.31 Å². The van der Waals surface area contributed by atoms with Crippen molar-refractivity contribution in [2.24, 2.45) is 5.73 Å². The number of hydrogen-bond acceptors (Lipinski definition) is 4. The van der Waals surface area contributed by atoms with Gasteiger partial charge in [0.05, 0.1) is 9.92 Å². The Morgan fingerprint density at radius 1 is 1.48 bits per heavy atom. The van der Waals surface area contributed by atoms with Crippen LogP contribution in [0.2, 0.25) is 5.02 Å². The van der Waals surface area contributed by atoms with E-state index in [-0.39, 0.29) is 28.1 Å². The normalized spacial score (nSPS) is 13.7. The number of halogens is 2. The Morgan fingerprint density at radius 2 is 2.10 bits per heavy atom. The summed E-state index contributed by atoms with van der Waals surface area (Å²) >= 11 is 7.41. The van der Waals surface area contributed by atoms with E-state index >= 15 is 0 Å². The minimum Gasteiger partial charge on any atom is -0.326 e. The lowest BCUT2D eigenvalue weighted by Gasteiger charge is -2.24. The third-order valence-electron chi connectivity index (χ3n) is 3.33. The van der Waals surface area contributed by atoms with E-state index in [9.17, 15) is 12.8 Å². The molecule has 4 nitrogen and oxygen atoms in total. The second-order valence-electron chi connectivity index (χ2n) is 4.73. The van der Waals surface area contributed by atoms with Crippen LogP contribution in [0.4, 0.5) is 4.39 Å². The van der Waals surface area contributed by atoms with Gasteiger partial charge in [-0.1, -0.05) is 11.6 Å². The van der Waals surface area contributed by atoms with E-state index in [2.05, 4.69) is 0 Å². The lowest BCUT2D eigenvalue weighted by atomic mass is 10.2. The Labute approximate surface area is 134 Å². The van der Waals surface area contributed by atoms with Crippen LogP contribution < -0.4 is 5.73 Å². The summed E-state index contributed by atoms with van der Waals surface area (Å²) in [6.45, 7) is 1.80. The average Bonchev–Trinajstić information content (AvgIpc) is 2.46. The molecule has 1 unspecified atom stereocenters. The van der Waals surface area contributed by atoms with Crippen LogP contribution in [0.25, 0.3) is 0 Å². The summed E-state index contributed by atoms with van der Waals surface area (Å²) in [5.74, 6) is 0.0766. The first-order chi connectivity index (χ1) is 9.75. The molecule has 120 valence electrons. The maximum absolute atomic E-state index is 13.8. The first-order valence-corrected chi connectivity index (χ1v) is 9.61. The van der Waals surface area contributed by atoms with Crippen LogP contribution in [0, 0.1) is 5.82 Å². The van der Waals surface area contributed by atoms with E-state index in [1.54, 1.807) is 11.8 Å². The highest BCUT2D eigenvalue weighted by atomic mass is 35.5. The lowest BCUT2D eigenvalue weighted by molar-refractivity contribution is 0.382. The molecule has 0 radical (unpaired) electrons. The third-order valence-corrected chi connectivity index (χ3v) is 6.35.